The van der Waals surface area contributed by atoms with Crippen LogP contribution in [0.1, 0.15) is 68.2 Å². The SMILES string of the molecule is CC.CC.CC.CC(C)N1CCC(Nc2cncc(Cl)n2)CC1. The van der Waals surface area contributed by atoms with Crippen molar-refractivity contribution < 1.29 is 0 Å². The van der Waals surface area contributed by atoms with Gasteiger partial charge in [-0.25, -0.2) is 4.98 Å². The standard InChI is InChI=1S/C12H19ClN4.3C2H6/c1-9(2)17-5-3-10(4-6-17)15-12-8-14-7-11(13)16-12;3*1-2/h7-10H,3-6H2,1-2H3,(H,15,16);3*1-2H3. The molecule has 0 spiro atoms. The molecule has 1 aromatic heterocycles. The maximum absolute atomic E-state index is 5.81. The second kappa shape index (κ2) is 16.0. The molecule has 1 aromatic rings. The smallest absolute Gasteiger partial charge is 0.149 e. The van der Waals surface area contributed by atoms with Crippen LogP contribution in [0.3, 0.4) is 0 Å². The van der Waals surface area contributed by atoms with Crippen molar-refractivity contribution in [2.45, 2.75) is 80.3 Å². The highest BCUT2D eigenvalue weighted by Crippen LogP contribution is 2.17. The van der Waals surface area contributed by atoms with Crippen LogP contribution in [0, 0.1) is 0 Å². The Kier molecular flexibility index (Phi) is 17.0. The van der Waals surface area contributed by atoms with Crippen molar-refractivity contribution in [2.24, 2.45) is 0 Å². The Labute approximate surface area is 149 Å². The third-order valence-corrected chi connectivity index (χ3v) is 3.40. The lowest BCUT2D eigenvalue weighted by molar-refractivity contribution is 0.177. The van der Waals surface area contributed by atoms with E-state index in [0.29, 0.717) is 17.2 Å². The van der Waals surface area contributed by atoms with Crippen molar-refractivity contribution in [2.75, 3.05) is 18.4 Å². The normalized spacial score (nSPS) is 14.5. The molecule has 5 heteroatoms. The summed E-state index contributed by atoms with van der Waals surface area (Å²) in [5.74, 6) is 0.778. The molecule has 1 fully saturated rings. The summed E-state index contributed by atoms with van der Waals surface area (Å²) in [7, 11) is 0. The van der Waals surface area contributed by atoms with Crippen LogP contribution in [0.5, 0.6) is 0 Å². The molecule has 2 heterocycles. The molecule has 2 rings (SSSR count). The van der Waals surface area contributed by atoms with Gasteiger partial charge < -0.3 is 10.2 Å². The molecular formula is C18H37ClN4. The number of piperidine rings is 1. The summed E-state index contributed by atoms with van der Waals surface area (Å²) in [6.45, 7) is 18.8. The Morgan fingerprint density at radius 1 is 1.04 bits per heavy atom. The van der Waals surface area contributed by atoms with Gasteiger partial charge in [0.25, 0.3) is 0 Å². The van der Waals surface area contributed by atoms with E-state index in [1.807, 2.05) is 41.5 Å². The molecule has 1 saturated heterocycles. The van der Waals surface area contributed by atoms with Crippen LogP contribution in [0.25, 0.3) is 0 Å². The Morgan fingerprint density at radius 3 is 2.00 bits per heavy atom. The minimum Gasteiger partial charge on any atom is -0.366 e. The van der Waals surface area contributed by atoms with E-state index < -0.39 is 0 Å². The van der Waals surface area contributed by atoms with Gasteiger partial charge in [-0.15, -0.1) is 0 Å². The van der Waals surface area contributed by atoms with Crippen molar-refractivity contribution in [3.8, 4) is 0 Å². The highest BCUT2D eigenvalue weighted by molar-refractivity contribution is 6.29. The van der Waals surface area contributed by atoms with Gasteiger partial charge in [-0.3, -0.25) is 4.98 Å². The molecule has 0 amide bonds. The average Bonchev–Trinajstić information content (AvgIpc) is 2.61. The third kappa shape index (κ3) is 10.5. The van der Waals surface area contributed by atoms with E-state index in [1.165, 1.54) is 0 Å². The fourth-order valence-electron chi connectivity index (χ4n) is 2.18. The maximum atomic E-state index is 5.81. The van der Waals surface area contributed by atoms with Gasteiger partial charge in [-0.1, -0.05) is 53.1 Å². The van der Waals surface area contributed by atoms with Crippen LogP contribution < -0.4 is 5.32 Å². The van der Waals surface area contributed by atoms with Crippen LogP contribution in [0.4, 0.5) is 5.82 Å². The van der Waals surface area contributed by atoms with Crippen LogP contribution in [0.15, 0.2) is 12.4 Å². The Hall–Kier alpha value is -0.870. The van der Waals surface area contributed by atoms with E-state index in [1.54, 1.807) is 12.4 Å². The molecule has 0 aromatic carbocycles. The van der Waals surface area contributed by atoms with Gasteiger partial charge in [0.15, 0.2) is 0 Å². The number of rotatable bonds is 3. The first-order valence-corrected chi connectivity index (χ1v) is 9.51. The van der Waals surface area contributed by atoms with Gasteiger partial charge in [0.1, 0.15) is 11.0 Å². The number of nitrogens with one attached hydrogen (secondary N) is 1. The third-order valence-electron chi connectivity index (χ3n) is 3.22. The molecule has 0 bridgehead atoms. The number of aromatic nitrogens is 2. The fourth-order valence-corrected chi connectivity index (χ4v) is 2.33. The molecule has 0 radical (unpaired) electrons. The Bertz CT molecular complexity index is 364. The lowest BCUT2D eigenvalue weighted by Crippen LogP contribution is -2.42. The minimum atomic E-state index is 0.439. The number of hydrogen-bond acceptors (Lipinski definition) is 4. The van der Waals surface area contributed by atoms with E-state index >= 15 is 0 Å². The lowest BCUT2D eigenvalue weighted by atomic mass is 10.0. The molecule has 1 N–H and O–H groups in total. The number of anilines is 1. The van der Waals surface area contributed by atoms with Crippen molar-refractivity contribution >= 4 is 17.4 Å². The zero-order valence-electron chi connectivity index (χ0n) is 16.4. The zero-order chi connectivity index (χ0) is 18.3. The highest BCUT2D eigenvalue weighted by Gasteiger charge is 2.20. The largest absolute Gasteiger partial charge is 0.366 e. The molecule has 0 unspecified atom stereocenters. The molecule has 136 valence electrons. The summed E-state index contributed by atoms with van der Waals surface area (Å²) < 4.78 is 0. The summed E-state index contributed by atoms with van der Waals surface area (Å²) in [5, 5.41) is 3.84. The minimum absolute atomic E-state index is 0.439. The van der Waals surface area contributed by atoms with Gasteiger partial charge >= 0.3 is 0 Å². The first-order chi connectivity index (χ1) is 11.1. The molecule has 1 aliphatic rings. The highest BCUT2D eigenvalue weighted by atomic mass is 35.5. The van der Waals surface area contributed by atoms with E-state index in [4.69, 9.17) is 11.6 Å². The summed E-state index contributed by atoms with van der Waals surface area (Å²) >= 11 is 5.81. The Balaban J connectivity index is 0. The number of halogens is 1. The predicted molar refractivity (Wildman–Crippen MR) is 104 cm³/mol. The molecule has 0 aliphatic carbocycles. The lowest BCUT2D eigenvalue weighted by Gasteiger charge is -2.35. The van der Waals surface area contributed by atoms with E-state index in [0.717, 1.165) is 31.7 Å². The summed E-state index contributed by atoms with van der Waals surface area (Å²) in [5.41, 5.74) is 0. The second-order valence-electron chi connectivity index (χ2n) is 4.78. The van der Waals surface area contributed by atoms with Crippen LogP contribution in [-0.2, 0) is 0 Å². The van der Waals surface area contributed by atoms with Crippen molar-refractivity contribution in [3.05, 3.63) is 17.5 Å². The van der Waals surface area contributed by atoms with E-state index in [-0.39, 0.29) is 0 Å². The summed E-state index contributed by atoms with van der Waals surface area (Å²) in [4.78, 5) is 10.7. The first kappa shape index (κ1) is 24.4. The van der Waals surface area contributed by atoms with Crippen LogP contribution in [-0.4, -0.2) is 40.0 Å². The quantitative estimate of drug-likeness (QED) is 0.786. The van der Waals surface area contributed by atoms with Gasteiger partial charge in [0.2, 0.25) is 0 Å². The first-order valence-electron chi connectivity index (χ1n) is 9.13. The number of hydrogen-bond donors (Lipinski definition) is 1. The topological polar surface area (TPSA) is 41.0 Å². The van der Waals surface area contributed by atoms with Gasteiger partial charge in [-0.05, 0) is 26.7 Å². The summed E-state index contributed by atoms with van der Waals surface area (Å²) in [6.07, 6.45) is 5.56. The number of nitrogens with zero attached hydrogens (tertiary/aromatic N) is 3. The van der Waals surface area contributed by atoms with Gasteiger partial charge in [0, 0.05) is 25.2 Å². The Morgan fingerprint density at radius 2 is 1.57 bits per heavy atom. The van der Waals surface area contributed by atoms with Crippen LogP contribution in [0.2, 0.25) is 5.15 Å². The molecule has 1 aliphatic heterocycles. The van der Waals surface area contributed by atoms with Crippen molar-refractivity contribution in [1.82, 2.24) is 14.9 Å². The average molecular weight is 345 g/mol. The number of likely N-dealkylation sites (tertiary alicyclic amines) is 1. The molecule has 0 atom stereocenters. The maximum Gasteiger partial charge on any atom is 0.149 e. The van der Waals surface area contributed by atoms with Crippen LogP contribution >= 0.6 is 11.6 Å². The van der Waals surface area contributed by atoms with Gasteiger partial charge in [0.05, 0.1) is 12.4 Å². The molecule has 0 saturated carbocycles. The summed E-state index contributed by atoms with van der Waals surface area (Å²) in [6, 6.07) is 1.12. The molecule has 4 nitrogen and oxygen atoms in total. The fraction of sp³-hybridized carbons (Fsp3) is 0.778. The zero-order valence-corrected chi connectivity index (χ0v) is 17.1. The molecular weight excluding hydrogens is 308 g/mol. The monoisotopic (exact) mass is 344 g/mol. The van der Waals surface area contributed by atoms with Crippen molar-refractivity contribution in [3.63, 3.8) is 0 Å². The van der Waals surface area contributed by atoms with Crippen molar-refractivity contribution in [1.29, 1.82) is 0 Å². The predicted octanol–water partition coefficient (Wildman–Crippen LogP) is 5.49. The molecule has 23 heavy (non-hydrogen) atoms. The van der Waals surface area contributed by atoms with Gasteiger partial charge in [-0.2, -0.15) is 0 Å². The van der Waals surface area contributed by atoms with E-state index in [9.17, 15) is 0 Å². The second-order valence-corrected chi connectivity index (χ2v) is 5.16. The van der Waals surface area contributed by atoms with E-state index in [2.05, 4.69) is 34.0 Å².